The van der Waals surface area contributed by atoms with Gasteiger partial charge in [-0.15, -0.1) is 0 Å². The Balaban J connectivity index is 1.34. The standard InChI is InChI=1S/C21H21ClN4O2/c22-16-5-7-17(8-6-16)24-11-13-25(14-12-24)20(27)9-10-26-15-23-19-4-2-1-3-18(19)21(26)28/h1-8,15H,9-14H2. The molecule has 1 aliphatic heterocycles. The van der Waals surface area contributed by atoms with Gasteiger partial charge in [-0.3, -0.25) is 14.2 Å². The molecule has 1 aromatic heterocycles. The molecule has 3 aromatic rings. The van der Waals surface area contributed by atoms with Crippen LogP contribution in [0.25, 0.3) is 10.9 Å². The third-order valence-electron chi connectivity index (χ3n) is 5.12. The fraction of sp³-hybridized carbons (Fsp3) is 0.286. The number of nitrogens with zero attached hydrogens (tertiary/aromatic N) is 4. The number of hydrogen-bond acceptors (Lipinski definition) is 4. The van der Waals surface area contributed by atoms with Crippen LogP contribution in [0.3, 0.4) is 0 Å². The normalized spacial score (nSPS) is 14.5. The number of piperazine rings is 1. The predicted molar refractivity (Wildman–Crippen MR) is 111 cm³/mol. The van der Waals surface area contributed by atoms with E-state index >= 15 is 0 Å². The van der Waals surface area contributed by atoms with Crippen LogP contribution < -0.4 is 10.5 Å². The summed E-state index contributed by atoms with van der Waals surface area (Å²) in [6.45, 7) is 3.25. The average Bonchev–Trinajstić information content (AvgIpc) is 2.74. The second-order valence-electron chi connectivity index (χ2n) is 6.85. The van der Waals surface area contributed by atoms with E-state index in [1.165, 1.54) is 10.9 Å². The van der Waals surface area contributed by atoms with Crippen molar-refractivity contribution in [3.63, 3.8) is 0 Å². The fourth-order valence-electron chi connectivity index (χ4n) is 3.51. The number of rotatable bonds is 4. The molecule has 1 amide bonds. The number of aromatic nitrogens is 2. The number of fused-ring (bicyclic) bond motifs is 1. The Morgan fingerprint density at radius 3 is 2.46 bits per heavy atom. The molecule has 2 heterocycles. The van der Waals surface area contributed by atoms with E-state index in [1.807, 2.05) is 47.4 Å². The fourth-order valence-corrected chi connectivity index (χ4v) is 3.63. The molecule has 0 saturated carbocycles. The summed E-state index contributed by atoms with van der Waals surface area (Å²) in [5.74, 6) is 0.0656. The maximum atomic E-state index is 12.6. The summed E-state index contributed by atoms with van der Waals surface area (Å²) in [5.41, 5.74) is 1.68. The highest BCUT2D eigenvalue weighted by atomic mass is 35.5. The average molecular weight is 397 g/mol. The number of carbonyl (C=O) groups excluding carboxylic acids is 1. The molecule has 7 heteroatoms. The van der Waals surface area contributed by atoms with Gasteiger partial charge in [-0.25, -0.2) is 4.98 Å². The molecule has 4 rings (SSSR count). The van der Waals surface area contributed by atoms with Gasteiger partial charge in [0.1, 0.15) is 0 Å². The summed E-state index contributed by atoms with van der Waals surface area (Å²) in [4.78, 5) is 33.5. The summed E-state index contributed by atoms with van der Waals surface area (Å²) in [6.07, 6.45) is 1.82. The van der Waals surface area contributed by atoms with Crippen LogP contribution in [0.1, 0.15) is 6.42 Å². The zero-order valence-electron chi connectivity index (χ0n) is 15.4. The molecule has 0 radical (unpaired) electrons. The Morgan fingerprint density at radius 1 is 1.00 bits per heavy atom. The first kappa shape index (κ1) is 18.5. The quantitative estimate of drug-likeness (QED) is 0.680. The van der Waals surface area contributed by atoms with Crippen LogP contribution in [0.4, 0.5) is 5.69 Å². The number of halogens is 1. The topological polar surface area (TPSA) is 58.4 Å². The van der Waals surface area contributed by atoms with E-state index in [9.17, 15) is 9.59 Å². The van der Waals surface area contributed by atoms with Crippen molar-refractivity contribution in [2.75, 3.05) is 31.1 Å². The molecule has 0 bridgehead atoms. The summed E-state index contributed by atoms with van der Waals surface area (Å²) in [5, 5.41) is 1.30. The molecular weight excluding hydrogens is 376 g/mol. The van der Waals surface area contributed by atoms with Crippen LogP contribution in [0, 0.1) is 0 Å². The first-order valence-electron chi connectivity index (χ1n) is 9.34. The number of aryl methyl sites for hydroxylation is 1. The second kappa shape index (κ2) is 8.02. The number of benzene rings is 2. The van der Waals surface area contributed by atoms with Gasteiger partial charge in [0, 0.05) is 49.9 Å². The highest BCUT2D eigenvalue weighted by Gasteiger charge is 2.21. The number of amides is 1. The molecule has 0 N–H and O–H groups in total. The molecule has 1 fully saturated rings. The first-order chi connectivity index (χ1) is 13.6. The first-order valence-corrected chi connectivity index (χ1v) is 9.72. The van der Waals surface area contributed by atoms with E-state index in [4.69, 9.17) is 11.6 Å². The second-order valence-corrected chi connectivity index (χ2v) is 7.29. The van der Waals surface area contributed by atoms with E-state index in [2.05, 4.69) is 9.88 Å². The lowest BCUT2D eigenvalue weighted by Crippen LogP contribution is -2.49. The van der Waals surface area contributed by atoms with Crippen LogP contribution in [0.15, 0.2) is 59.7 Å². The minimum atomic E-state index is -0.106. The minimum Gasteiger partial charge on any atom is -0.368 e. The minimum absolute atomic E-state index is 0.0656. The van der Waals surface area contributed by atoms with E-state index in [0.29, 0.717) is 37.0 Å². The van der Waals surface area contributed by atoms with Gasteiger partial charge >= 0.3 is 0 Å². The highest BCUT2D eigenvalue weighted by molar-refractivity contribution is 6.30. The van der Waals surface area contributed by atoms with Crippen molar-refractivity contribution in [1.29, 1.82) is 0 Å². The molecular formula is C21H21ClN4O2. The van der Waals surface area contributed by atoms with Gasteiger partial charge in [0.25, 0.3) is 5.56 Å². The van der Waals surface area contributed by atoms with Crippen LogP contribution >= 0.6 is 11.6 Å². The van der Waals surface area contributed by atoms with Crippen molar-refractivity contribution < 1.29 is 4.79 Å². The van der Waals surface area contributed by atoms with Gasteiger partial charge in [-0.05, 0) is 36.4 Å². The molecule has 28 heavy (non-hydrogen) atoms. The smallest absolute Gasteiger partial charge is 0.261 e. The Hall–Kier alpha value is -2.86. The van der Waals surface area contributed by atoms with Crippen molar-refractivity contribution in [1.82, 2.24) is 14.5 Å². The molecule has 0 atom stereocenters. The van der Waals surface area contributed by atoms with Crippen molar-refractivity contribution >= 4 is 34.1 Å². The van der Waals surface area contributed by atoms with E-state index in [-0.39, 0.29) is 11.5 Å². The Labute approximate surface area is 168 Å². The molecule has 6 nitrogen and oxygen atoms in total. The number of hydrogen-bond donors (Lipinski definition) is 0. The summed E-state index contributed by atoms with van der Waals surface area (Å²) in [7, 11) is 0. The number of anilines is 1. The van der Waals surface area contributed by atoms with Crippen LogP contribution in [-0.2, 0) is 11.3 Å². The predicted octanol–water partition coefficient (Wildman–Crippen LogP) is 2.79. The maximum Gasteiger partial charge on any atom is 0.261 e. The third-order valence-corrected chi connectivity index (χ3v) is 5.37. The molecule has 2 aromatic carbocycles. The van der Waals surface area contributed by atoms with Gasteiger partial charge < -0.3 is 9.80 Å². The van der Waals surface area contributed by atoms with E-state index in [1.54, 1.807) is 6.07 Å². The van der Waals surface area contributed by atoms with Crippen LogP contribution in [-0.4, -0.2) is 46.5 Å². The zero-order chi connectivity index (χ0) is 19.5. The van der Waals surface area contributed by atoms with Crippen molar-refractivity contribution in [3.05, 3.63) is 70.2 Å². The third kappa shape index (κ3) is 3.87. The van der Waals surface area contributed by atoms with Crippen LogP contribution in [0.5, 0.6) is 0 Å². The van der Waals surface area contributed by atoms with E-state index < -0.39 is 0 Å². The van der Waals surface area contributed by atoms with Gasteiger partial charge in [0.2, 0.25) is 5.91 Å². The van der Waals surface area contributed by atoms with Gasteiger partial charge in [-0.1, -0.05) is 23.7 Å². The SMILES string of the molecule is O=C(CCn1cnc2ccccc2c1=O)N1CCN(c2ccc(Cl)cc2)CC1. The van der Waals surface area contributed by atoms with Gasteiger partial charge in [0.15, 0.2) is 0 Å². The van der Waals surface area contributed by atoms with Gasteiger partial charge in [0.05, 0.1) is 17.2 Å². The maximum absolute atomic E-state index is 12.6. The highest BCUT2D eigenvalue weighted by Crippen LogP contribution is 2.19. The molecule has 0 aliphatic carbocycles. The summed E-state index contributed by atoms with van der Waals surface area (Å²) >= 11 is 5.94. The Bertz CT molecular complexity index is 1040. The Kier molecular flexibility index (Phi) is 5.30. The van der Waals surface area contributed by atoms with Crippen LogP contribution in [0.2, 0.25) is 5.02 Å². The van der Waals surface area contributed by atoms with Crippen molar-refractivity contribution in [2.24, 2.45) is 0 Å². The zero-order valence-corrected chi connectivity index (χ0v) is 16.2. The summed E-state index contributed by atoms with van der Waals surface area (Å²) in [6, 6.07) is 15.0. The molecule has 1 aliphatic rings. The van der Waals surface area contributed by atoms with Crippen molar-refractivity contribution in [2.45, 2.75) is 13.0 Å². The van der Waals surface area contributed by atoms with Crippen molar-refractivity contribution in [3.8, 4) is 0 Å². The number of para-hydroxylation sites is 1. The molecule has 1 saturated heterocycles. The molecule has 144 valence electrons. The Morgan fingerprint density at radius 2 is 1.71 bits per heavy atom. The lowest BCUT2D eigenvalue weighted by molar-refractivity contribution is -0.131. The largest absolute Gasteiger partial charge is 0.368 e. The summed E-state index contributed by atoms with van der Waals surface area (Å²) < 4.78 is 1.52. The lowest BCUT2D eigenvalue weighted by atomic mass is 10.2. The monoisotopic (exact) mass is 396 g/mol. The van der Waals surface area contributed by atoms with Gasteiger partial charge in [-0.2, -0.15) is 0 Å². The number of carbonyl (C=O) groups is 1. The lowest BCUT2D eigenvalue weighted by Gasteiger charge is -2.36. The molecule has 0 unspecified atom stereocenters. The van der Waals surface area contributed by atoms with E-state index in [0.717, 1.165) is 23.8 Å². The molecule has 0 spiro atoms.